The van der Waals surface area contributed by atoms with Gasteiger partial charge in [0, 0.05) is 18.0 Å². The average molecular weight is 443 g/mol. The van der Waals surface area contributed by atoms with E-state index in [-0.39, 0.29) is 24.8 Å². The predicted molar refractivity (Wildman–Crippen MR) is 120 cm³/mol. The minimum absolute atomic E-state index is 0. The Kier molecular flexibility index (Phi) is 10.9. The lowest BCUT2D eigenvalue weighted by molar-refractivity contribution is -0.0928. The van der Waals surface area contributed by atoms with Gasteiger partial charge in [-0.05, 0) is 31.9 Å². The van der Waals surface area contributed by atoms with E-state index in [0.29, 0.717) is 25.0 Å². The molecule has 1 atom stereocenters. The van der Waals surface area contributed by atoms with Gasteiger partial charge < -0.3 is 19.9 Å². The second-order valence-corrected chi connectivity index (χ2v) is 7.36. The van der Waals surface area contributed by atoms with E-state index in [1.165, 1.54) is 5.56 Å². The second kappa shape index (κ2) is 12.4. The first-order valence-corrected chi connectivity index (χ1v) is 9.78. The van der Waals surface area contributed by atoms with E-state index in [1.54, 1.807) is 0 Å². The number of aromatic nitrogens is 1. The summed E-state index contributed by atoms with van der Waals surface area (Å²) >= 11 is 0. The monoisotopic (exact) mass is 442 g/mol. The van der Waals surface area contributed by atoms with Crippen molar-refractivity contribution in [2.45, 2.75) is 59.0 Å². The SMILES string of the molecule is Cc1nc(Cc2ccccc2)c2c(c1OCCCCNC(C)C)C(O)OC2.Cl.Cl. The number of aliphatic hydroxyl groups excluding tert-OH is 1. The Morgan fingerprint density at radius 3 is 2.62 bits per heavy atom. The number of hydrogen-bond acceptors (Lipinski definition) is 5. The molecule has 2 N–H and O–H groups in total. The van der Waals surface area contributed by atoms with Crippen LogP contribution in [0.5, 0.6) is 5.75 Å². The smallest absolute Gasteiger partial charge is 0.185 e. The van der Waals surface area contributed by atoms with E-state index in [4.69, 9.17) is 14.5 Å². The van der Waals surface area contributed by atoms with Gasteiger partial charge in [0.1, 0.15) is 5.75 Å². The zero-order chi connectivity index (χ0) is 19.2. The first-order chi connectivity index (χ1) is 13.1. The van der Waals surface area contributed by atoms with Crippen molar-refractivity contribution in [3.05, 3.63) is 58.4 Å². The second-order valence-electron chi connectivity index (χ2n) is 7.36. The minimum Gasteiger partial charge on any atom is -0.491 e. The molecule has 29 heavy (non-hydrogen) atoms. The molecule has 0 radical (unpaired) electrons. The normalized spacial score (nSPS) is 14.9. The molecule has 5 nitrogen and oxygen atoms in total. The Morgan fingerprint density at radius 1 is 1.21 bits per heavy atom. The van der Waals surface area contributed by atoms with Gasteiger partial charge >= 0.3 is 0 Å². The van der Waals surface area contributed by atoms with Gasteiger partial charge in [0.2, 0.25) is 0 Å². The molecule has 1 aliphatic heterocycles. The average Bonchev–Trinajstić information content (AvgIpc) is 3.03. The lowest BCUT2D eigenvalue weighted by Gasteiger charge is -2.17. The van der Waals surface area contributed by atoms with E-state index < -0.39 is 6.29 Å². The van der Waals surface area contributed by atoms with Crippen LogP contribution in [0.4, 0.5) is 0 Å². The Morgan fingerprint density at radius 2 is 1.93 bits per heavy atom. The van der Waals surface area contributed by atoms with Crippen LogP contribution in [0.25, 0.3) is 0 Å². The number of rotatable bonds is 9. The van der Waals surface area contributed by atoms with Crippen molar-refractivity contribution in [3.63, 3.8) is 0 Å². The molecule has 1 unspecified atom stereocenters. The lowest BCUT2D eigenvalue weighted by atomic mass is 10.0. The van der Waals surface area contributed by atoms with Crippen molar-refractivity contribution in [2.75, 3.05) is 13.2 Å². The van der Waals surface area contributed by atoms with Crippen LogP contribution in [-0.4, -0.2) is 29.3 Å². The molecule has 0 saturated carbocycles. The molecule has 0 fully saturated rings. The number of unbranched alkanes of at least 4 members (excludes halogenated alkanes) is 1. The summed E-state index contributed by atoms with van der Waals surface area (Å²) in [5, 5.41) is 13.7. The number of benzene rings is 1. The predicted octanol–water partition coefficient (Wildman–Crippen LogP) is 4.50. The van der Waals surface area contributed by atoms with Crippen LogP contribution in [-0.2, 0) is 17.8 Å². The summed E-state index contributed by atoms with van der Waals surface area (Å²) in [4.78, 5) is 4.78. The zero-order valence-corrected chi connectivity index (χ0v) is 18.9. The van der Waals surface area contributed by atoms with Crippen molar-refractivity contribution in [1.82, 2.24) is 10.3 Å². The van der Waals surface area contributed by atoms with Gasteiger partial charge in [0.05, 0.1) is 30.2 Å². The van der Waals surface area contributed by atoms with Crippen molar-refractivity contribution in [2.24, 2.45) is 0 Å². The van der Waals surface area contributed by atoms with Crippen LogP contribution >= 0.6 is 24.8 Å². The first kappa shape index (κ1) is 25.7. The summed E-state index contributed by atoms with van der Waals surface area (Å²) in [6, 6.07) is 10.7. The third kappa shape index (κ3) is 6.83. The van der Waals surface area contributed by atoms with Crippen molar-refractivity contribution in [1.29, 1.82) is 0 Å². The number of aryl methyl sites for hydroxylation is 1. The van der Waals surface area contributed by atoms with E-state index in [9.17, 15) is 5.11 Å². The van der Waals surface area contributed by atoms with Crippen LogP contribution in [0.1, 0.15) is 61.1 Å². The highest BCUT2D eigenvalue weighted by Crippen LogP contribution is 2.39. The minimum atomic E-state index is -0.936. The van der Waals surface area contributed by atoms with Crippen LogP contribution in [0.3, 0.4) is 0 Å². The quantitative estimate of drug-likeness (QED) is 0.559. The molecule has 2 aromatic rings. The zero-order valence-electron chi connectivity index (χ0n) is 17.3. The van der Waals surface area contributed by atoms with Crippen molar-refractivity contribution < 1.29 is 14.6 Å². The molecule has 0 amide bonds. The summed E-state index contributed by atoms with van der Waals surface area (Å²) in [5.74, 6) is 0.684. The van der Waals surface area contributed by atoms with Crippen LogP contribution in [0.2, 0.25) is 0 Å². The number of halogens is 2. The molecule has 1 aromatic carbocycles. The highest BCUT2D eigenvalue weighted by atomic mass is 35.5. The summed E-state index contributed by atoms with van der Waals surface area (Å²) in [7, 11) is 0. The maximum Gasteiger partial charge on any atom is 0.185 e. The van der Waals surface area contributed by atoms with Crippen molar-refractivity contribution in [3.8, 4) is 5.75 Å². The van der Waals surface area contributed by atoms with Gasteiger partial charge in [-0.2, -0.15) is 0 Å². The summed E-state index contributed by atoms with van der Waals surface area (Å²) in [5.41, 5.74) is 4.68. The Bertz CT molecular complexity index is 757. The number of nitrogens with one attached hydrogen (secondary N) is 1. The Hall–Kier alpha value is -1.37. The van der Waals surface area contributed by atoms with E-state index in [0.717, 1.165) is 48.3 Å². The van der Waals surface area contributed by atoms with Crippen molar-refractivity contribution >= 4 is 24.8 Å². The lowest BCUT2D eigenvalue weighted by Crippen LogP contribution is -2.23. The summed E-state index contributed by atoms with van der Waals surface area (Å²) in [6.45, 7) is 8.20. The maximum absolute atomic E-state index is 10.3. The van der Waals surface area contributed by atoms with Gasteiger partial charge in [0.15, 0.2) is 6.29 Å². The fraction of sp³-hybridized carbons (Fsp3) is 0.500. The van der Waals surface area contributed by atoms with E-state index in [1.807, 2.05) is 25.1 Å². The fourth-order valence-electron chi connectivity index (χ4n) is 3.39. The molecular formula is C22H32Cl2N2O3. The number of hydrogen-bond donors (Lipinski definition) is 2. The van der Waals surface area contributed by atoms with Gasteiger partial charge in [-0.25, -0.2) is 0 Å². The van der Waals surface area contributed by atoms with Crippen LogP contribution in [0.15, 0.2) is 30.3 Å². The molecule has 162 valence electrons. The Balaban J connectivity index is 0.00000210. The Labute approximate surface area is 186 Å². The number of pyridine rings is 1. The molecule has 2 heterocycles. The van der Waals surface area contributed by atoms with Gasteiger partial charge in [0.25, 0.3) is 0 Å². The molecule has 0 saturated heterocycles. The largest absolute Gasteiger partial charge is 0.491 e. The summed E-state index contributed by atoms with van der Waals surface area (Å²) in [6.07, 6.45) is 1.80. The molecule has 0 bridgehead atoms. The molecular weight excluding hydrogens is 411 g/mol. The van der Waals surface area contributed by atoms with Gasteiger partial charge in [-0.3, -0.25) is 4.98 Å². The topological polar surface area (TPSA) is 63.6 Å². The van der Waals surface area contributed by atoms with Crippen LogP contribution in [0, 0.1) is 6.92 Å². The van der Waals surface area contributed by atoms with Crippen LogP contribution < -0.4 is 10.1 Å². The fourth-order valence-corrected chi connectivity index (χ4v) is 3.39. The molecule has 7 heteroatoms. The number of fused-ring (bicyclic) bond motifs is 1. The number of ether oxygens (including phenoxy) is 2. The van der Waals surface area contributed by atoms with Gasteiger partial charge in [-0.15, -0.1) is 24.8 Å². The maximum atomic E-state index is 10.3. The molecule has 1 aromatic heterocycles. The third-order valence-electron chi connectivity index (χ3n) is 4.77. The molecule has 3 rings (SSSR count). The van der Waals surface area contributed by atoms with E-state index >= 15 is 0 Å². The summed E-state index contributed by atoms with van der Waals surface area (Å²) < 4.78 is 11.5. The number of nitrogens with zero attached hydrogens (tertiary/aromatic N) is 1. The molecule has 1 aliphatic rings. The first-order valence-electron chi connectivity index (χ1n) is 9.78. The number of aliphatic hydroxyl groups is 1. The van der Waals surface area contributed by atoms with Gasteiger partial charge in [-0.1, -0.05) is 44.2 Å². The standard InChI is InChI=1S/C22H30N2O3.2ClH/c1-15(2)23-11-7-8-12-26-21-16(3)24-19(13-17-9-5-4-6-10-17)18-14-27-22(25)20(18)21;;/h4-6,9-10,15,22-23,25H,7-8,11-14H2,1-3H3;2*1H. The third-order valence-corrected chi connectivity index (χ3v) is 4.77. The highest BCUT2D eigenvalue weighted by Gasteiger charge is 2.30. The molecule has 0 aliphatic carbocycles. The van der Waals surface area contributed by atoms with E-state index in [2.05, 4.69) is 31.3 Å². The highest BCUT2D eigenvalue weighted by molar-refractivity contribution is 5.85. The molecule has 0 spiro atoms.